The molecule has 4 aliphatic carbocycles. The summed E-state index contributed by atoms with van der Waals surface area (Å²) in [5.74, 6) is 0.0815. The number of carbonyl (C=O) groups excluding carboxylic acids is 2. The molecular formula is C115H79LiO4. The predicted molar refractivity (Wildman–Crippen MR) is 491 cm³/mol. The van der Waals surface area contributed by atoms with Crippen LogP contribution < -0.4 is 18.9 Å². The minimum atomic E-state index is -1.27. The van der Waals surface area contributed by atoms with E-state index in [4.69, 9.17) is 0 Å². The van der Waals surface area contributed by atoms with Gasteiger partial charge in [0, 0.05) is 38.8 Å². The first kappa shape index (κ1) is 76.8. The minimum absolute atomic E-state index is 0. The zero-order valence-electron chi connectivity index (χ0n) is 66.4. The van der Waals surface area contributed by atoms with Gasteiger partial charge in [0.25, 0.3) is 0 Å². The van der Waals surface area contributed by atoms with Crippen molar-refractivity contribution >= 4 is 76.9 Å². The van der Waals surface area contributed by atoms with Crippen molar-refractivity contribution in [3.8, 4) is 33.4 Å². The Kier molecular flexibility index (Phi) is 20.8. The molecule has 23 rings (SSSR count). The van der Waals surface area contributed by atoms with Crippen LogP contribution in [-0.2, 0) is 11.0 Å². The summed E-state index contributed by atoms with van der Waals surface area (Å²) in [5.41, 5.74) is 28.0. The van der Waals surface area contributed by atoms with Crippen LogP contribution in [0.3, 0.4) is 0 Å². The largest absolute Gasteiger partial charge is 1.00 e. The first-order chi connectivity index (χ1) is 58.3. The van der Waals surface area contributed by atoms with E-state index in [1.807, 2.05) is 170 Å². The second kappa shape index (κ2) is 32.6. The number of benzene rings is 19. The molecule has 0 saturated heterocycles. The fourth-order valence-corrected chi connectivity index (χ4v) is 19.2. The Labute approximate surface area is 711 Å². The van der Waals surface area contributed by atoms with Gasteiger partial charge in [0.2, 0.25) is 0 Å². The van der Waals surface area contributed by atoms with Crippen molar-refractivity contribution in [3.63, 3.8) is 0 Å². The normalized spacial score (nSPS) is 14.8. The van der Waals surface area contributed by atoms with Crippen LogP contribution in [0.15, 0.2) is 443 Å². The topological polar surface area (TPSA) is 85.9 Å². The molecule has 0 amide bonds. The maximum absolute atomic E-state index is 13.2. The van der Waals surface area contributed by atoms with E-state index in [-0.39, 0.29) is 41.3 Å². The van der Waals surface area contributed by atoms with Crippen molar-refractivity contribution < 1.29 is 39.0 Å². The van der Waals surface area contributed by atoms with E-state index in [0.29, 0.717) is 22.3 Å². The van der Waals surface area contributed by atoms with E-state index in [1.165, 1.54) is 110 Å². The zero-order valence-corrected chi connectivity index (χ0v) is 66.4. The first-order valence-corrected chi connectivity index (χ1v) is 40.4. The number of carbonyl (C=O) groups is 2. The molecule has 3 N–H and O–H groups in total. The Morgan fingerprint density at radius 3 is 0.708 bits per heavy atom. The molecule has 19 aromatic carbocycles. The Bertz CT molecular complexity index is 6470. The van der Waals surface area contributed by atoms with Crippen molar-refractivity contribution in [2.24, 2.45) is 0 Å². The molecule has 0 aromatic heterocycles. The Hall–Kier alpha value is -14.4. The molecule has 120 heavy (non-hydrogen) atoms. The van der Waals surface area contributed by atoms with Gasteiger partial charge in [-0.3, -0.25) is 9.59 Å². The summed E-state index contributed by atoms with van der Waals surface area (Å²) in [6, 6.07) is 156. The Morgan fingerprint density at radius 2 is 0.425 bits per heavy atom. The van der Waals surface area contributed by atoms with Gasteiger partial charge in [-0.05, 0) is 172 Å². The Balaban J connectivity index is 0.000000119. The summed E-state index contributed by atoms with van der Waals surface area (Å²) < 4.78 is 0. The van der Waals surface area contributed by atoms with E-state index in [1.54, 1.807) is 0 Å². The molecule has 0 unspecified atom stereocenters. The fraction of sp³-hybridized carbons (Fsp3) is 0.0261. The maximum Gasteiger partial charge on any atom is 1.00 e. The average Bonchev–Trinajstić information content (AvgIpc) is 0.682. The van der Waals surface area contributed by atoms with Crippen LogP contribution in [0.1, 0.15) is 117 Å². The molecule has 0 spiro atoms. The molecule has 0 radical (unpaired) electrons. The van der Waals surface area contributed by atoms with Crippen molar-refractivity contribution in [3.05, 3.63) is 549 Å². The van der Waals surface area contributed by atoms with Crippen molar-refractivity contribution in [2.75, 3.05) is 0 Å². The SMILES string of the molecule is CC1(c2ccccc2)c2ccccc2C(=C2c3ccccc3C(O)(c3ccccc3)c3ccccc32)c2ccccc21.O.O=C1c2ccccc2C(=C2c3ccccc3C(=O)c3ccccc32)c2ccccc21.[Li+].[c-]1ccccc1.c1ccc(-c2c3ccccc3c(-c3c4ccccc4c(-c4ccccc4)c4ccccc34)c3ccccc23)cc1. The summed E-state index contributed by atoms with van der Waals surface area (Å²) in [5, 5.41) is 23.0. The smallest absolute Gasteiger partial charge is 0.412 e. The van der Waals surface area contributed by atoms with E-state index in [0.717, 1.165) is 66.8 Å². The van der Waals surface area contributed by atoms with Crippen molar-refractivity contribution in [2.45, 2.75) is 17.9 Å². The number of fused-ring (bicyclic) bond motifs is 12. The van der Waals surface area contributed by atoms with E-state index in [9.17, 15) is 14.7 Å². The van der Waals surface area contributed by atoms with Crippen LogP contribution in [0.5, 0.6) is 0 Å². The van der Waals surface area contributed by atoms with Crippen molar-refractivity contribution in [1.29, 1.82) is 0 Å². The molecular weight excluding hydrogens is 1450 g/mol. The number of hydrogen-bond acceptors (Lipinski definition) is 3. The molecule has 0 saturated carbocycles. The van der Waals surface area contributed by atoms with Crippen LogP contribution in [-0.4, -0.2) is 22.1 Å². The van der Waals surface area contributed by atoms with Crippen LogP contribution in [0.2, 0.25) is 0 Å². The molecule has 564 valence electrons. The van der Waals surface area contributed by atoms with Crippen LogP contribution in [0.4, 0.5) is 0 Å². The first-order valence-electron chi connectivity index (χ1n) is 40.4. The third kappa shape index (κ3) is 12.8. The Morgan fingerprint density at radius 1 is 0.217 bits per heavy atom. The monoisotopic (exact) mass is 1530 g/mol. The van der Waals surface area contributed by atoms with E-state index < -0.39 is 5.60 Å². The predicted octanol–water partition coefficient (Wildman–Crippen LogP) is 23.7. The third-order valence-electron chi connectivity index (χ3n) is 24.3. The number of aliphatic hydroxyl groups is 1. The summed E-state index contributed by atoms with van der Waals surface area (Å²) in [7, 11) is 0. The molecule has 4 aliphatic rings. The maximum atomic E-state index is 13.2. The molecule has 0 atom stereocenters. The summed E-state index contributed by atoms with van der Waals surface area (Å²) in [6.45, 7) is 2.36. The zero-order chi connectivity index (χ0) is 79.3. The standard InChI is InChI=1S/C41H30O.C40H26.C28H16O2.C6H5.Li.H2O/c1-40(28-16-4-2-5-17-28)34-24-12-8-20-30(34)38(31-21-9-13-25-35(31)40)39-32-22-10-14-26-36(32)41(42,29-18-6-3-7-19-29)37-27-15-11-23-33(37)39;1-3-15-27(16-4-1)37-29-19-7-11-23-33(29)39(34-24-12-8-20-30(34)37)40-35-25-13-9-21-31(35)38(28-17-5-2-6-18-28)32-22-10-14-26-36(32)40;29-27-21-13-5-1-9-17(21)25(18-10-2-6-14-22(18)27)26-19-11-3-7-15-23(19)28(30)24-16-8-4-12-20(24)26;1-2-4-6-5-3-1;;/h2-27,42H,1H3;1-26H;1-16H;1-5H;;1H2/q;;;-1;+1;. The van der Waals surface area contributed by atoms with Gasteiger partial charge < -0.3 is 10.6 Å². The van der Waals surface area contributed by atoms with Gasteiger partial charge in [0.15, 0.2) is 11.6 Å². The summed E-state index contributed by atoms with van der Waals surface area (Å²) in [4.78, 5) is 26.4. The van der Waals surface area contributed by atoms with Crippen LogP contribution in [0, 0.1) is 6.07 Å². The van der Waals surface area contributed by atoms with Gasteiger partial charge >= 0.3 is 18.9 Å². The van der Waals surface area contributed by atoms with Gasteiger partial charge in [-0.1, -0.05) is 413 Å². The van der Waals surface area contributed by atoms with Gasteiger partial charge in [-0.25, -0.2) is 0 Å². The van der Waals surface area contributed by atoms with Gasteiger partial charge in [0.1, 0.15) is 5.60 Å². The molecule has 5 heteroatoms. The molecule has 4 nitrogen and oxygen atoms in total. The average molecular weight is 1530 g/mol. The van der Waals surface area contributed by atoms with E-state index >= 15 is 0 Å². The van der Waals surface area contributed by atoms with Gasteiger partial charge in [-0.2, -0.15) is 36.4 Å². The van der Waals surface area contributed by atoms with E-state index in [2.05, 4.69) is 286 Å². The second-order valence-electron chi connectivity index (χ2n) is 30.6. The molecule has 0 bridgehead atoms. The van der Waals surface area contributed by atoms with Crippen molar-refractivity contribution in [1.82, 2.24) is 0 Å². The van der Waals surface area contributed by atoms with Crippen LogP contribution in [0.25, 0.3) is 98.8 Å². The fourth-order valence-electron chi connectivity index (χ4n) is 19.2. The molecule has 0 heterocycles. The summed E-state index contributed by atoms with van der Waals surface area (Å²) in [6.07, 6.45) is 0. The third-order valence-corrected chi connectivity index (χ3v) is 24.3. The van der Waals surface area contributed by atoms with Crippen LogP contribution >= 0.6 is 0 Å². The molecule has 0 fully saturated rings. The minimum Gasteiger partial charge on any atom is -0.412 e. The van der Waals surface area contributed by atoms with Gasteiger partial charge in [-0.15, -0.1) is 0 Å². The second-order valence-corrected chi connectivity index (χ2v) is 30.6. The quantitative estimate of drug-likeness (QED) is 0.106. The molecule has 0 aliphatic heterocycles. The number of rotatable bonds is 5. The number of hydrogen-bond donors (Lipinski definition) is 1. The summed E-state index contributed by atoms with van der Waals surface area (Å²) >= 11 is 0. The molecule has 19 aromatic rings. The number of ketones is 2. The van der Waals surface area contributed by atoms with Gasteiger partial charge in [0.05, 0.1) is 0 Å².